The van der Waals surface area contributed by atoms with Crippen molar-refractivity contribution < 1.29 is 19.4 Å². The summed E-state index contributed by atoms with van der Waals surface area (Å²) in [5, 5.41) is 17.2. The highest BCUT2D eigenvalue weighted by atomic mass is 16.5. The molecule has 4 aromatic heterocycles. The molecule has 12 heteroatoms. The van der Waals surface area contributed by atoms with E-state index in [4.69, 9.17) is 20.4 Å². The van der Waals surface area contributed by atoms with Crippen molar-refractivity contribution in [2.75, 3.05) is 12.8 Å². The number of hydrogen-bond acceptors (Lipinski definition) is 9. The van der Waals surface area contributed by atoms with Gasteiger partial charge in [0.1, 0.15) is 17.1 Å². The van der Waals surface area contributed by atoms with E-state index in [1.807, 2.05) is 41.0 Å². The smallest absolute Gasteiger partial charge is 0.251 e. The number of carbonyl (C=O) groups is 2. The van der Waals surface area contributed by atoms with Gasteiger partial charge in [-0.15, -0.1) is 0 Å². The van der Waals surface area contributed by atoms with Gasteiger partial charge >= 0.3 is 0 Å². The predicted octanol–water partition coefficient (Wildman–Crippen LogP) is 4.19. The van der Waals surface area contributed by atoms with Crippen molar-refractivity contribution in [3.8, 4) is 34.4 Å². The number of phenols is 1. The molecule has 0 saturated carbocycles. The van der Waals surface area contributed by atoms with Gasteiger partial charge in [0.2, 0.25) is 0 Å². The number of rotatable bonds is 7. The number of nitrogens with zero attached hydrogens (tertiary/aromatic N) is 6. The zero-order valence-corrected chi connectivity index (χ0v) is 23.5. The number of pyridine rings is 2. The van der Waals surface area contributed by atoms with Crippen LogP contribution in [0.1, 0.15) is 44.3 Å². The first-order chi connectivity index (χ1) is 21.4. The van der Waals surface area contributed by atoms with Crippen molar-refractivity contribution in [1.82, 2.24) is 34.6 Å². The molecule has 4 heterocycles. The number of carbonyl (C=O) groups excluding carboxylic acids is 2. The summed E-state index contributed by atoms with van der Waals surface area (Å²) in [6.45, 7) is 0. The molecule has 1 amide bonds. The number of nitrogens with two attached hydrogens (primary N) is 1. The van der Waals surface area contributed by atoms with Gasteiger partial charge in [0.05, 0.1) is 36.7 Å². The van der Waals surface area contributed by atoms with Crippen LogP contribution in [0.2, 0.25) is 0 Å². The number of benzene rings is 2. The molecular weight excluding hydrogens is 560 g/mol. The summed E-state index contributed by atoms with van der Waals surface area (Å²) in [4.78, 5) is 38.4. The van der Waals surface area contributed by atoms with Gasteiger partial charge in [-0.05, 0) is 78.6 Å². The van der Waals surface area contributed by atoms with Crippen LogP contribution in [0.4, 0.5) is 5.82 Å². The number of aldehydes is 1. The number of fused-ring (bicyclic) bond motifs is 2. The zero-order chi connectivity index (χ0) is 30.4. The SMILES string of the molecule is COc1cnn(-c2ccc3nc(-c4cccnc4N)n(-c4ccc5c(c4)CC[C@@H]5NC(=O)c4ccc(O)c(C=O)c4)c3n2)c1. The van der Waals surface area contributed by atoms with Crippen molar-refractivity contribution in [1.29, 1.82) is 0 Å². The first-order valence-corrected chi connectivity index (χ1v) is 13.8. The minimum Gasteiger partial charge on any atom is -0.507 e. The van der Waals surface area contributed by atoms with Crippen molar-refractivity contribution in [2.45, 2.75) is 18.9 Å². The molecule has 7 rings (SSSR count). The first kappa shape index (κ1) is 26.8. The fraction of sp³-hybridized carbons (Fsp3) is 0.125. The first-order valence-electron chi connectivity index (χ1n) is 13.8. The predicted molar refractivity (Wildman–Crippen MR) is 162 cm³/mol. The maximum Gasteiger partial charge on any atom is 0.251 e. The molecule has 0 unspecified atom stereocenters. The van der Waals surface area contributed by atoms with Gasteiger partial charge in [-0.3, -0.25) is 14.2 Å². The lowest BCUT2D eigenvalue weighted by Crippen LogP contribution is -2.27. The minimum absolute atomic E-state index is 0.0650. The lowest BCUT2D eigenvalue weighted by Gasteiger charge is -2.16. The molecule has 44 heavy (non-hydrogen) atoms. The Bertz CT molecular complexity index is 2080. The highest BCUT2D eigenvalue weighted by Gasteiger charge is 2.26. The second kappa shape index (κ2) is 10.7. The van der Waals surface area contributed by atoms with Crippen LogP contribution in [0.15, 0.2) is 79.3 Å². The summed E-state index contributed by atoms with van der Waals surface area (Å²) in [5.74, 6) is 1.65. The molecule has 218 valence electrons. The van der Waals surface area contributed by atoms with Crippen LogP contribution in [0.5, 0.6) is 11.5 Å². The van der Waals surface area contributed by atoms with E-state index in [1.165, 1.54) is 18.2 Å². The van der Waals surface area contributed by atoms with Crippen molar-refractivity contribution in [3.63, 3.8) is 0 Å². The summed E-state index contributed by atoms with van der Waals surface area (Å²) in [5.41, 5.74) is 11.5. The van der Waals surface area contributed by atoms with Crippen LogP contribution in [0.3, 0.4) is 0 Å². The standard InChI is InChI=1S/C32H26N8O4/c1-44-22-15-35-39(16-22)28-11-9-26-31(38-28)40(30(36-26)24-3-2-12-34-29(24)33)21-6-7-23-18(14-21)4-8-25(23)37-32(43)19-5-10-27(42)20(13-19)17-41/h2-3,5-7,9-17,25,42H,4,8H2,1H3,(H2,33,34)(H,37,43)/t25-/m0/s1. The third kappa shape index (κ3) is 4.58. The molecule has 0 fully saturated rings. The third-order valence-corrected chi connectivity index (χ3v) is 7.78. The van der Waals surface area contributed by atoms with Crippen molar-refractivity contribution in [3.05, 3.63) is 102 Å². The molecule has 2 aromatic carbocycles. The number of anilines is 1. The summed E-state index contributed by atoms with van der Waals surface area (Å²) in [6.07, 6.45) is 6.97. The van der Waals surface area contributed by atoms with Crippen LogP contribution >= 0.6 is 0 Å². The van der Waals surface area contributed by atoms with E-state index in [-0.39, 0.29) is 23.3 Å². The topological polar surface area (TPSA) is 163 Å². The molecule has 0 radical (unpaired) electrons. The fourth-order valence-corrected chi connectivity index (χ4v) is 5.57. The van der Waals surface area contributed by atoms with Crippen molar-refractivity contribution in [2.24, 2.45) is 0 Å². The number of methoxy groups -OCH3 is 1. The molecule has 4 N–H and O–H groups in total. The summed E-state index contributed by atoms with van der Waals surface area (Å²) >= 11 is 0. The van der Waals surface area contributed by atoms with E-state index in [9.17, 15) is 14.7 Å². The number of nitrogens with one attached hydrogen (secondary N) is 1. The van der Waals surface area contributed by atoms with Crippen LogP contribution in [0, 0.1) is 0 Å². The quantitative estimate of drug-likeness (QED) is 0.233. The Hall–Kier alpha value is -6.04. The number of hydrogen-bond donors (Lipinski definition) is 3. The summed E-state index contributed by atoms with van der Waals surface area (Å²) in [6, 6.07) is 17.5. The number of imidazole rings is 1. The van der Waals surface area contributed by atoms with Gasteiger partial charge in [-0.1, -0.05) is 6.07 Å². The second-order valence-electron chi connectivity index (χ2n) is 10.4. The van der Waals surface area contributed by atoms with E-state index in [2.05, 4.69) is 21.5 Å². The molecule has 0 aliphatic heterocycles. The largest absolute Gasteiger partial charge is 0.507 e. The highest BCUT2D eigenvalue weighted by molar-refractivity contribution is 5.96. The Morgan fingerprint density at radius 3 is 2.82 bits per heavy atom. The molecule has 12 nitrogen and oxygen atoms in total. The van der Waals surface area contributed by atoms with Gasteiger partial charge in [-0.25, -0.2) is 19.6 Å². The van der Waals surface area contributed by atoms with Gasteiger partial charge in [-0.2, -0.15) is 5.10 Å². The maximum atomic E-state index is 13.0. The Morgan fingerprint density at radius 2 is 2.02 bits per heavy atom. The zero-order valence-electron chi connectivity index (χ0n) is 23.5. The van der Waals surface area contributed by atoms with E-state index in [0.29, 0.717) is 58.2 Å². The average Bonchev–Trinajstić information content (AvgIpc) is 3.78. The number of amides is 1. The van der Waals surface area contributed by atoms with Gasteiger partial charge in [0, 0.05) is 17.4 Å². The molecule has 1 aliphatic rings. The number of aryl methyl sites for hydroxylation is 1. The lowest BCUT2D eigenvalue weighted by atomic mass is 10.1. The normalized spacial score (nSPS) is 14.0. The van der Waals surface area contributed by atoms with E-state index in [1.54, 1.807) is 30.4 Å². The minimum atomic E-state index is -0.322. The van der Waals surface area contributed by atoms with Crippen molar-refractivity contribution >= 4 is 29.2 Å². The van der Waals surface area contributed by atoms with Gasteiger partial charge in [0.15, 0.2) is 29.3 Å². The number of aromatic hydroxyl groups is 1. The molecule has 0 spiro atoms. The molecule has 0 bridgehead atoms. The van der Waals surface area contributed by atoms with Crippen LogP contribution < -0.4 is 15.8 Å². The van der Waals surface area contributed by atoms with Gasteiger partial charge < -0.3 is 20.9 Å². The second-order valence-corrected chi connectivity index (χ2v) is 10.4. The Kier molecular flexibility index (Phi) is 6.50. The average molecular weight is 587 g/mol. The molecule has 6 aromatic rings. The van der Waals surface area contributed by atoms with Crippen LogP contribution in [-0.4, -0.2) is 53.7 Å². The fourth-order valence-electron chi connectivity index (χ4n) is 5.57. The Balaban J connectivity index is 1.29. The molecular formula is C32H26N8O4. The van der Waals surface area contributed by atoms with Crippen LogP contribution in [-0.2, 0) is 6.42 Å². The summed E-state index contributed by atoms with van der Waals surface area (Å²) < 4.78 is 8.88. The molecule has 1 atom stereocenters. The van der Waals surface area contributed by atoms with Gasteiger partial charge in [0.25, 0.3) is 5.91 Å². The Labute approximate surface area is 250 Å². The number of phenolic OH excluding ortho intramolecular Hbond substituents is 1. The molecule has 1 aliphatic carbocycles. The van der Waals surface area contributed by atoms with E-state index < -0.39 is 0 Å². The number of nitrogen functional groups attached to an aromatic ring is 1. The Morgan fingerprint density at radius 1 is 1.14 bits per heavy atom. The van der Waals surface area contributed by atoms with E-state index >= 15 is 0 Å². The van der Waals surface area contributed by atoms with E-state index in [0.717, 1.165) is 23.2 Å². The highest BCUT2D eigenvalue weighted by Crippen LogP contribution is 2.36. The number of ether oxygens (including phenoxy) is 1. The maximum absolute atomic E-state index is 13.0. The lowest BCUT2D eigenvalue weighted by molar-refractivity contribution is 0.0936. The summed E-state index contributed by atoms with van der Waals surface area (Å²) in [7, 11) is 1.58. The third-order valence-electron chi connectivity index (χ3n) is 7.78. The monoisotopic (exact) mass is 586 g/mol. The molecule has 0 saturated heterocycles. The number of aromatic nitrogens is 6. The van der Waals surface area contributed by atoms with Crippen LogP contribution in [0.25, 0.3) is 34.1 Å².